The van der Waals surface area contributed by atoms with Crippen LogP contribution in [0.1, 0.15) is 5.69 Å². The summed E-state index contributed by atoms with van der Waals surface area (Å²) >= 11 is 0. The topological polar surface area (TPSA) is 54.7 Å². The second-order valence-electron chi connectivity index (χ2n) is 2.74. The van der Waals surface area contributed by atoms with Crippen LogP contribution in [0.15, 0.2) is 12.1 Å². The molecule has 0 bridgehead atoms. The van der Waals surface area contributed by atoms with E-state index in [4.69, 9.17) is 5.73 Å². The third-order valence-corrected chi connectivity index (χ3v) is 1.84. The number of benzene rings is 1. The number of hydrogen-bond donors (Lipinski definition) is 2. The Bertz CT molecular complexity index is 433. The maximum Gasteiger partial charge on any atom is 0.126 e. The lowest BCUT2D eigenvalue weighted by Crippen LogP contribution is -1.87. The van der Waals surface area contributed by atoms with Crippen LogP contribution in [0.25, 0.3) is 10.9 Å². The summed E-state index contributed by atoms with van der Waals surface area (Å²) in [6, 6.07) is 2.69. The van der Waals surface area contributed by atoms with Crippen LogP contribution in [0.3, 0.4) is 0 Å². The first kappa shape index (κ1) is 7.09. The van der Waals surface area contributed by atoms with Crippen molar-refractivity contribution in [2.24, 2.45) is 0 Å². The number of anilines is 1. The Morgan fingerprint density at radius 1 is 1.50 bits per heavy atom. The number of nitrogens with one attached hydrogen (secondary N) is 1. The Morgan fingerprint density at radius 2 is 2.25 bits per heavy atom. The number of H-pyrrole nitrogens is 1. The van der Waals surface area contributed by atoms with Crippen LogP contribution in [-0.2, 0) is 0 Å². The van der Waals surface area contributed by atoms with Gasteiger partial charge in [0.15, 0.2) is 0 Å². The second-order valence-corrected chi connectivity index (χ2v) is 2.74. The Labute approximate surface area is 68.4 Å². The monoisotopic (exact) mass is 165 g/mol. The van der Waals surface area contributed by atoms with E-state index >= 15 is 0 Å². The lowest BCUT2D eigenvalue weighted by atomic mass is 10.2. The van der Waals surface area contributed by atoms with Gasteiger partial charge in [-0.3, -0.25) is 5.10 Å². The summed E-state index contributed by atoms with van der Waals surface area (Å²) in [4.78, 5) is 0. The number of aromatic nitrogens is 2. The largest absolute Gasteiger partial charge is 0.397 e. The number of aromatic amines is 1. The number of halogens is 1. The molecule has 4 heteroatoms. The Morgan fingerprint density at radius 3 is 3.00 bits per heavy atom. The molecule has 1 heterocycles. The molecule has 0 aliphatic rings. The van der Waals surface area contributed by atoms with Gasteiger partial charge in [0.25, 0.3) is 0 Å². The number of nitrogens with two attached hydrogens (primary N) is 1. The van der Waals surface area contributed by atoms with Crippen molar-refractivity contribution in [2.45, 2.75) is 6.92 Å². The summed E-state index contributed by atoms with van der Waals surface area (Å²) in [6.07, 6.45) is 0. The van der Waals surface area contributed by atoms with Crippen molar-refractivity contribution in [1.82, 2.24) is 10.2 Å². The maximum atomic E-state index is 12.8. The molecule has 0 spiro atoms. The molecule has 0 saturated carbocycles. The number of nitrogen functional groups attached to an aromatic ring is 1. The van der Waals surface area contributed by atoms with Gasteiger partial charge in [0, 0.05) is 11.1 Å². The van der Waals surface area contributed by atoms with Gasteiger partial charge in [-0.05, 0) is 19.1 Å². The van der Waals surface area contributed by atoms with Gasteiger partial charge < -0.3 is 5.73 Å². The van der Waals surface area contributed by atoms with E-state index in [0.717, 1.165) is 11.1 Å². The van der Waals surface area contributed by atoms with Gasteiger partial charge in [0.05, 0.1) is 5.69 Å². The second kappa shape index (κ2) is 2.20. The summed E-state index contributed by atoms with van der Waals surface area (Å²) in [5.41, 5.74) is 7.38. The van der Waals surface area contributed by atoms with Crippen LogP contribution in [0.5, 0.6) is 0 Å². The van der Waals surface area contributed by atoms with Crippen molar-refractivity contribution in [3.8, 4) is 0 Å². The Kier molecular flexibility index (Phi) is 1.30. The third kappa shape index (κ3) is 0.845. The summed E-state index contributed by atoms with van der Waals surface area (Å²) in [5, 5.41) is 7.43. The van der Waals surface area contributed by atoms with Crippen LogP contribution in [-0.4, -0.2) is 10.2 Å². The Balaban J connectivity index is 2.92. The number of nitrogens with zero attached hydrogens (tertiary/aromatic N) is 1. The van der Waals surface area contributed by atoms with Crippen LogP contribution in [0, 0.1) is 12.7 Å². The fourth-order valence-corrected chi connectivity index (χ4v) is 1.23. The Hall–Kier alpha value is -1.58. The predicted octanol–water partition coefficient (Wildman–Crippen LogP) is 1.59. The molecule has 2 aromatic rings. The predicted molar refractivity (Wildman–Crippen MR) is 45.2 cm³/mol. The summed E-state index contributed by atoms with van der Waals surface area (Å²) in [6.45, 7) is 1.83. The number of hydrogen-bond acceptors (Lipinski definition) is 2. The number of rotatable bonds is 0. The summed E-state index contributed by atoms with van der Waals surface area (Å²) in [7, 11) is 0. The molecule has 2 rings (SSSR count). The zero-order valence-corrected chi connectivity index (χ0v) is 6.56. The van der Waals surface area contributed by atoms with Crippen LogP contribution in [0.2, 0.25) is 0 Å². The van der Waals surface area contributed by atoms with Crippen molar-refractivity contribution < 1.29 is 4.39 Å². The van der Waals surface area contributed by atoms with Crippen LogP contribution < -0.4 is 5.73 Å². The SMILES string of the molecule is Cc1[nH]nc2c(N)cc(F)cc12. The van der Waals surface area contributed by atoms with Gasteiger partial charge in [0.1, 0.15) is 11.3 Å². The van der Waals surface area contributed by atoms with E-state index in [-0.39, 0.29) is 5.82 Å². The van der Waals surface area contributed by atoms with Crippen molar-refractivity contribution in [1.29, 1.82) is 0 Å². The van der Waals surface area contributed by atoms with Crippen LogP contribution in [0.4, 0.5) is 10.1 Å². The molecule has 3 N–H and O–H groups in total. The highest BCUT2D eigenvalue weighted by Gasteiger charge is 2.06. The molecule has 0 aliphatic heterocycles. The molecule has 0 aliphatic carbocycles. The van der Waals surface area contributed by atoms with Crippen molar-refractivity contribution in [2.75, 3.05) is 5.73 Å². The number of fused-ring (bicyclic) bond motifs is 1. The highest BCUT2D eigenvalue weighted by molar-refractivity contribution is 5.90. The molecular formula is C8H8FN3. The fraction of sp³-hybridized carbons (Fsp3) is 0.125. The van der Waals surface area contributed by atoms with E-state index in [1.165, 1.54) is 12.1 Å². The van der Waals surface area contributed by atoms with E-state index in [0.29, 0.717) is 11.2 Å². The van der Waals surface area contributed by atoms with E-state index in [9.17, 15) is 4.39 Å². The van der Waals surface area contributed by atoms with E-state index in [1.807, 2.05) is 6.92 Å². The molecule has 0 amide bonds. The van der Waals surface area contributed by atoms with Gasteiger partial charge >= 0.3 is 0 Å². The van der Waals surface area contributed by atoms with Gasteiger partial charge in [-0.15, -0.1) is 0 Å². The highest BCUT2D eigenvalue weighted by atomic mass is 19.1. The molecule has 62 valence electrons. The lowest BCUT2D eigenvalue weighted by molar-refractivity contribution is 0.630. The molecule has 0 unspecified atom stereocenters. The van der Waals surface area contributed by atoms with E-state index in [2.05, 4.69) is 10.2 Å². The smallest absolute Gasteiger partial charge is 0.126 e. The molecule has 0 radical (unpaired) electrons. The molecule has 1 aromatic heterocycles. The molecular weight excluding hydrogens is 157 g/mol. The molecule has 1 aromatic carbocycles. The standard InChI is InChI=1S/C8H8FN3/c1-4-6-2-5(9)3-7(10)8(6)12-11-4/h2-3H,10H2,1H3,(H,11,12). The first-order chi connectivity index (χ1) is 5.68. The molecule has 0 fully saturated rings. The zero-order chi connectivity index (χ0) is 8.72. The molecule has 0 saturated heterocycles. The lowest BCUT2D eigenvalue weighted by Gasteiger charge is -1.94. The van der Waals surface area contributed by atoms with E-state index in [1.54, 1.807) is 0 Å². The minimum absolute atomic E-state index is 0.329. The first-order valence-electron chi connectivity index (χ1n) is 3.58. The molecule has 0 atom stereocenters. The van der Waals surface area contributed by atoms with Crippen molar-refractivity contribution in [3.63, 3.8) is 0 Å². The molecule has 12 heavy (non-hydrogen) atoms. The normalized spacial score (nSPS) is 10.8. The van der Waals surface area contributed by atoms with Crippen molar-refractivity contribution in [3.05, 3.63) is 23.6 Å². The van der Waals surface area contributed by atoms with Crippen molar-refractivity contribution >= 4 is 16.6 Å². The van der Waals surface area contributed by atoms with Gasteiger partial charge in [0.2, 0.25) is 0 Å². The van der Waals surface area contributed by atoms with Crippen LogP contribution >= 0.6 is 0 Å². The fourth-order valence-electron chi connectivity index (χ4n) is 1.23. The average Bonchev–Trinajstić information content (AvgIpc) is 2.33. The average molecular weight is 165 g/mol. The molecule has 3 nitrogen and oxygen atoms in total. The van der Waals surface area contributed by atoms with E-state index < -0.39 is 0 Å². The summed E-state index contributed by atoms with van der Waals surface area (Å²) < 4.78 is 12.8. The van der Waals surface area contributed by atoms with Gasteiger partial charge in [-0.1, -0.05) is 0 Å². The zero-order valence-electron chi connectivity index (χ0n) is 6.56. The minimum Gasteiger partial charge on any atom is -0.397 e. The quantitative estimate of drug-likeness (QED) is 0.582. The number of aryl methyl sites for hydroxylation is 1. The van der Waals surface area contributed by atoms with Gasteiger partial charge in [-0.2, -0.15) is 5.10 Å². The maximum absolute atomic E-state index is 12.8. The third-order valence-electron chi connectivity index (χ3n) is 1.84. The summed E-state index contributed by atoms with van der Waals surface area (Å²) in [5.74, 6) is -0.329. The minimum atomic E-state index is -0.329. The van der Waals surface area contributed by atoms with Gasteiger partial charge in [-0.25, -0.2) is 4.39 Å². The first-order valence-corrected chi connectivity index (χ1v) is 3.58. The highest BCUT2D eigenvalue weighted by Crippen LogP contribution is 2.22.